The summed E-state index contributed by atoms with van der Waals surface area (Å²) in [5, 5.41) is 27.0. The molecule has 1 aliphatic rings. The molecule has 1 aliphatic heterocycles. The second-order valence-corrected chi connectivity index (χ2v) is 10.5. The third-order valence-corrected chi connectivity index (χ3v) is 7.73. The molecule has 9 nitrogen and oxygen atoms in total. The van der Waals surface area contributed by atoms with Gasteiger partial charge in [0.25, 0.3) is 0 Å². The number of aryl methyl sites for hydroxylation is 2. The number of fused-ring (bicyclic) bond motifs is 1. The number of benzene rings is 2. The number of rotatable bonds is 12. The van der Waals surface area contributed by atoms with Crippen LogP contribution in [0.25, 0.3) is 10.9 Å². The van der Waals surface area contributed by atoms with Crippen LogP contribution in [-0.2, 0) is 17.6 Å². The number of β-amino-alcohol motifs (C(OH)–C–C–N with tert-alkyl or cyclic N) is 1. The number of pyridine rings is 1. The lowest BCUT2D eigenvalue weighted by molar-refractivity contribution is -0.111. The molecule has 222 valence electrons. The molecule has 10 heteroatoms. The van der Waals surface area contributed by atoms with Crippen molar-refractivity contribution in [3.8, 4) is 11.8 Å². The first-order valence-corrected chi connectivity index (χ1v) is 14.9. The smallest absolute Gasteiger partial charge is 0.248 e. The van der Waals surface area contributed by atoms with Gasteiger partial charge in [0, 0.05) is 67.5 Å². The number of nitrogens with zero attached hydrogens (tertiary/aromatic N) is 4. The number of aromatic nitrogens is 1. The topological polar surface area (TPSA) is 114 Å². The van der Waals surface area contributed by atoms with Gasteiger partial charge in [-0.25, -0.2) is 0 Å². The first kappa shape index (κ1) is 31.3. The number of carbonyl (C=O) groups is 1. The van der Waals surface area contributed by atoms with Gasteiger partial charge in [0.15, 0.2) is 0 Å². The quantitative estimate of drug-likeness (QED) is 0.249. The van der Waals surface area contributed by atoms with E-state index in [0.29, 0.717) is 70.4 Å². The monoisotopic (exact) mass is 590 g/mol. The van der Waals surface area contributed by atoms with Gasteiger partial charge in [0.1, 0.15) is 11.8 Å². The van der Waals surface area contributed by atoms with Crippen molar-refractivity contribution >= 4 is 45.5 Å². The lowest BCUT2D eigenvalue weighted by Crippen LogP contribution is -2.47. The Balaban J connectivity index is 1.62. The molecule has 1 amide bonds. The Bertz CT molecular complexity index is 1480. The Morgan fingerprint density at radius 3 is 2.55 bits per heavy atom. The standard InChI is InChI=1S/C32H39ClN6O3/c1-4-22-9-10-23(18-26(22)33)35-32-24-19-29(30(42-6-3)20-28(24)36-27(5-2)25(32)21-34)37-31(41)8-7-11-38-12-14-39(15-13-38)16-17-40/h7-10,18-20,40H,4-6,11-17H2,1-3H3,(H,35,36)(H,37,41)/b8-7+. The van der Waals surface area contributed by atoms with Gasteiger partial charge < -0.3 is 20.5 Å². The Morgan fingerprint density at radius 2 is 1.90 bits per heavy atom. The molecule has 4 rings (SSSR count). The minimum atomic E-state index is -0.274. The summed E-state index contributed by atoms with van der Waals surface area (Å²) in [5.41, 5.74) is 4.66. The van der Waals surface area contributed by atoms with E-state index in [1.165, 1.54) is 6.08 Å². The van der Waals surface area contributed by atoms with Crippen LogP contribution in [-0.4, -0.2) is 78.3 Å². The molecule has 1 fully saturated rings. The minimum absolute atomic E-state index is 0.171. The molecule has 0 atom stereocenters. The molecule has 0 bridgehead atoms. The largest absolute Gasteiger partial charge is 0.492 e. The molecule has 3 aromatic rings. The van der Waals surface area contributed by atoms with Crippen LogP contribution < -0.4 is 15.4 Å². The summed E-state index contributed by atoms with van der Waals surface area (Å²) in [6.07, 6.45) is 4.79. The van der Waals surface area contributed by atoms with Crippen LogP contribution in [0.1, 0.15) is 37.6 Å². The van der Waals surface area contributed by atoms with Crippen molar-refractivity contribution < 1.29 is 14.6 Å². The van der Waals surface area contributed by atoms with E-state index >= 15 is 0 Å². The fourth-order valence-electron chi connectivity index (χ4n) is 5.10. The molecular formula is C32H39ClN6O3. The summed E-state index contributed by atoms with van der Waals surface area (Å²) < 4.78 is 5.89. The minimum Gasteiger partial charge on any atom is -0.492 e. The lowest BCUT2D eigenvalue weighted by Gasteiger charge is -2.33. The van der Waals surface area contributed by atoms with Crippen LogP contribution in [0.3, 0.4) is 0 Å². The lowest BCUT2D eigenvalue weighted by atomic mass is 10.0. The van der Waals surface area contributed by atoms with Crippen molar-refractivity contribution in [2.75, 3.05) is 63.1 Å². The van der Waals surface area contributed by atoms with Gasteiger partial charge in [0.05, 0.1) is 41.4 Å². The average Bonchev–Trinajstić information content (AvgIpc) is 2.98. The Hall–Kier alpha value is -3.68. The van der Waals surface area contributed by atoms with Crippen LogP contribution in [0.4, 0.5) is 17.1 Å². The van der Waals surface area contributed by atoms with Crippen molar-refractivity contribution in [3.63, 3.8) is 0 Å². The number of aliphatic hydroxyl groups excluding tert-OH is 1. The van der Waals surface area contributed by atoms with Crippen LogP contribution in [0, 0.1) is 11.3 Å². The fourth-order valence-corrected chi connectivity index (χ4v) is 5.41. The SMILES string of the molecule is CCOc1cc2nc(CC)c(C#N)c(Nc3ccc(CC)c(Cl)c3)c2cc1NC(=O)/C=C/CN1CCN(CCO)CC1. The molecule has 3 N–H and O–H groups in total. The predicted octanol–water partition coefficient (Wildman–Crippen LogP) is 5.13. The van der Waals surface area contributed by atoms with Gasteiger partial charge in [-0.05, 0) is 43.5 Å². The highest BCUT2D eigenvalue weighted by Crippen LogP contribution is 2.38. The molecule has 0 radical (unpaired) electrons. The van der Waals surface area contributed by atoms with E-state index in [1.807, 2.05) is 57.2 Å². The van der Waals surface area contributed by atoms with Crippen molar-refractivity contribution in [1.29, 1.82) is 5.26 Å². The molecule has 2 heterocycles. The van der Waals surface area contributed by atoms with E-state index in [2.05, 4.69) is 26.5 Å². The predicted molar refractivity (Wildman–Crippen MR) is 169 cm³/mol. The Kier molecular flexibility index (Phi) is 11.2. The number of aliphatic hydroxyl groups is 1. The normalized spacial score (nSPS) is 14.3. The van der Waals surface area contributed by atoms with Crippen molar-refractivity contribution in [3.05, 3.63) is 64.3 Å². The van der Waals surface area contributed by atoms with Crippen molar-refractivity contribution in [1.82, 2.24) is 14.8 Å². The van der Waals surface area contributed by atoms with E-state index in [4.69, 9.17) is 26.4 Å². The maximum absolute atomic E-state index is 13.0. The van der Waals surface area contributed by atoms with Gasteiger partial charge in [-0.2, -0.15) is 5.26 Å². The molecule has 0 aliphatic carbocycles. The molecule has 1 saturated heterocycles. The van der Waals surface area contributed by atoms with Gasteiger partial charge in [-0.1, -0.05) is 37.6 Å². The van der Waals surface area contributed by atoms with Gasteiger partial charge in [-0.3, -0.25) is 19.6 Å². The molecule has 42 heavy (non-hydrogen) atoms. The van der Waals surface area contributed by atoms with Crippen LogP contribution >= 0.6 is 11.6 Å². The van der Waals surface area contributed by atoms with Crippen molar-refractivity contribution in [2.45, 2.75) is 33.6 Å². The molecular weight excluding hydrogens is 552 g/mol. The van der Waals surface area contributed by atoms with Crippen LogP contribution in [0.5, 0.6) is 5.75 Å². The maximum atomic E-state index is 13.0. The number of amides is 1. The molecule has 2 aromatic carbocycles. The number of hydrogen-bond acceptors (Lipinski definition) is 8. The van der Waals surface area contributed by atoms with Gasteiger partial charge in [0.2, 0.25) is 5.91 Å². The average molecular weight is 591 g/mol. The summed E-state index contributed by atoms with van der Waals surface area (Å²) in [6, 6.07) is 11.7. The van der Waals surface area contributed by atoms with E-state index in [0.717, 1.165) is 43.9 Å². The van der Waals surface area contributed by atoms with E-state index < -0.39 is 0 Å². The zero-order valence-corrected chi connectivity index (χ0v) is 25.3. The summed E-state index contributed by atoms with van der Waals surface area (Å²) in [6.45, 7) is 11.4. The molecule has 0 spiro atoms. The highest BCUT2D eigenvalue weighted by atomic mass is 35.5. The highest BCUT2D eigenvalue weighted by molar-refractivity contribution is 6.31. The number of anilines is 3. The first-order chi connectivity index (χ1) is 20.4. The van der Waals surface area contributed by atoms with Crippen LogP contribution in [0.15, 0.2) is 42.5 Å². The Labute approximate surface area is 252 Å². The zero-order valence-electron chi connectivity index (χ0n) is 24.5. The molecule has 0 saturated carbocycles. The number of nitriles is 1. The number of halogens is 1. The summed E-state index contributed by atoms with van der Waals surface area (Å²) in [5.74, 6) is 0.233. The summed E-state index contributed by atoms with van der Waals surface area (Å²) >= 11 is 6.49. The van der Waals surface area contributed by atoms with Crippen LogP contribution in [0.2, 0.25) is 5.02 Å². The Morgan fingerprint density at radius 1 is 1.14 bits per heavy atom. The molecule has 0 unspecified atom stereocenters. The number of ether oxygens (including phenoxy) is 1. The second kappa shape index (κ2) is 15.0. The summed E-state index contributed by atoms with van der Waals surface area (Å²) in [4.78, 5) is 22.3. The van der Waals surface area contributed by atoms with Gasteiger partial charge >= 0.3 is 0 Å². The van der Waals surface area contributed by atoms with E-state index in [9.17, 15) is 10.1 Å². The second-order valence-electron chi connectivity index (χ2n) is 10.1. The van der Waals surface area contributed by atoms with Crippen molar-refractivity contribution in [2.24, 2.45) is 0 Å². The first-order valence-electron chi connectivity index (χ1n) is 14.5. The number of hydrogen-bond donors (Lipinski definition) is 3. The maximum Gasteiger partial charge on any atom is 0.248 e. The zero-order chi connectivity index (χ0) is 30.1. The number of nitrogens with one attached hydrogen (secondary N) is 2. The van der Waals surface area contributed by atoms with E-state index in [1.54, 1.807) is 0 Å². The summed E-state index contributed by atoms with van der Waals surface area (Å²) in [7, 11) is 0. The van der Waals surface area contributed by atoms with E-state index in [-0.39, 0.29) is 12.5 Å². The highest BCUT2D eigenvalue weighted by Gasteiger charge is 2.19. The third kappa shape index (κ3) is 7.58. The fraction of sp³-hybridized carbons (Fsp3) is 0.406. The molecule has 1 aromatic heterocycles. The number of carbonyl (C=O) groups excluding carboxylic acids is 1. The number of piperazine rings is 1. The van der Waals surface area contributed by atoms with Gasteiger partial charge in [-0.15, -0.1) is 0 Å². The third-order valence-electron chi connectivity index (χ3n) is 7.38.